The Morgan fingerprint density at radius 2 is 2.25 bits per heavy atom. The maximum absolute atomic E-state index is 9.56. The Labute approximate surface area is 92.7 Å². The van der Waals surface area contributed by atoms with Crippen LogP contribution >= 0.6 is 0 Å². The van der Waals surface area contributed by atoms with Gasteiger partial charge in [0, 0.05) is 18.2 Å². The molecule has 0 atom stereocenters. The number of hydrogen-bond acceptors (Lipinski definition) is 5. The maximum Gasteiger partial charge on any atom is 0.258 e. The average Bonchev–Trinajstić information content (AvgIpc) is 2.71. The number of hydrogen-bond donors (Lipinski definition) is 1. The summed E-state index contributed by atoms with van der Waals surface area (Å²) in [6, 6.07) is 5.17. The van der Waals surface area contributed by atoms with Crippen molar-refractivity contribution >= 4 is 0 Å². The van der Waals surface area contributed by atoms with Crippen molar-refractivity contribution in [2.24, 2.45) is 0 Å². The fourth-order valence-electron chi connectivity index (χ4n) is 1.41. The van der Waals surface area contributed by atoms with Gasteiger partial charge in [0.05, 0.1) is 0 Å². The van der Waals surface area contributed by atoms with Gasteiger partial charge < -0.3 is 14.4 Å². The number of aromatic hydroxyl groups is 1. The third kappa shape index (κ3) is 1.90. The predicted octanol–water partition coefficient (Wildman–Crippen LogP) is 1.90. The van der Waals surface area contributed by atoms with Crippen LogP contribution in [0.2, 0.25) is 0 Å². The van der Waals surface area contributed by atoms with Crippen LogP contribution < -0.4 is 0 Å². The van der Waals surface area contributed by atoms with E-state index >= 15 is 0 Å². The first-order chi connectivity index (χ1) is 7.72. The molecule has 1 heterocycles. The molecule has 0 amide bonds. The maximum atomic E-state index is 9.56. The standard InChI is InChI=1S/C11H12N2O3/c1-7-8(4-3-5-9(7)14)11-12-10(6-15-2)13-16-11/h3-5,14H,6H2,1-2H3. The lowest BCUT2D eigenvalue weighted by Crippen LogP contribution is -1.90. The highest BCUT2D eigenvalue weighted by Crippen LogP contribution is 2.27. The Hall–Kier alpha value is -1.88. The molecular weight excluding hydrogens is 208 g/mol. The first kappa shape index (κ1) is 10.6. The van der Waals surface area contributed by atoms with Gasteiger partial charge in [0.25, 0.3) is 5.89 Å². The quantitative estimate of drug-likeness (QED) is 0.855. The minimum Gasteiger partial charge on any atom is -0.508 e. The van der Waals surface area contributed by atoms with E-state index in [2.05, 4.69) is 10.1 Å². The fourth-order valence-corrected chi connectivity index (χ4v) is 1.41. The minimum absolute atomic E-state index is 0.212. The highest BCUT2D eigenvalue weighted by atomic mass is 16.5. The van der Waals surface area contributed by atoms with Gasteiger partial charge in [-0.2, -0.15) is 4.98 Å². The van der Waals surface area contributed by atoms with Crippen LogP contribution in [-0.2, 0) is 11.3 Å². The van der Waals surface area contributed by atoms with Gasteiger partial charge in [-0.25, -0.2) is 0 Å². The molecule has 0 unspecified atom stereocenters. The molecule has 1 N–H and O–H groups in total. The van der Waals surface area contributed by atoms with Gasteiger partial charge in [-0.3, -0.25) is 0 Å². The van der Waals surface area contributed by atoms with Crippen molar-refractivity contribution in [2.75, 3.05) is 7.11 Å². The molecule has 0 aliphatic heterocycles. The van der Waals surface area contributed by atoms with Crippen molar-refractivity contribution in [3.63, 3.8) is 0 Å². The molecule has 0 saturated heterocycles. The largest absolute Gasteiger partial charge is 0.508 e. The van der Waals surface area contributed by atoms with Crippen molar-refractivity contribution in [2.45, 2.75) is 13.5 Å². The zero-order chi connectivity index (χ0) is 11.5. The zero-order valence-corrected chi connectivity index (χ0v) is 9.10. The number of nitrogens with zero attached hydrogens (tertiary/aromatic N) is 2. The molecule has 0 aliphatic carbocycles. The molecule has 0 bridgehead atoms. The lowest BCUT2D eigenvalue weighted by atomic mass is 10.1. The number of phenols is 1. The number of ether oxygens (including phenoxy) is 1. The number of aromatic nitrogens is 2. The van der Waals surface area contributed by atoms with Crippen LogP contribution in [0.3, 0.4) is 0 Å². The molecule has 0 radical (unpaired) electrons. The number of methoxy groups -OCH3 is 1. The highest BCUT2D eigenvalue weighted by molar-refractivity contribution is 5.61. The van der Waals surface area contributed by atoms with Gasteiger partial charge in [-0.1, -0.05) is 11.2 Å². The van der Waals surface area contributed by atoms with E-state index in [1.54, 1.807) is 26.2 Å². The van der Waals surface area contributed by atoms with E-state index in [0.29, 0.717) is 18.3 Å². The smallest absolute Gasteiger partial charge is 0.258 e. The van der Waals surface area contributed by atoms with Crippen LogP contribution in [0.1, 0.15) is 11.4 Å². The zero-order valence-electron chi connectivity index (χ0n) is 9.10. The average molecular weight is 220 g/mol. The summed E-state index contributed by atoms with van der Waals surface area (Å²) in [6.07, 6.45) is 0. The number of rotatable bonds is 3. The Kier molecular flexibility index (Phi) is 2.87. The number of phenolic OH excluding ortho intramolecular Hbond substituents is 1. The minimum atomic E-state index is 0.212. The van der Waals surface area contributed by atoms with E-state index in [9.17, 15) is 5.11 Å². The lowest BCUT2D eigenvalue weighted by molar-refractivity contribution is 0.174. The normalized spacial score (nSPS) is 10.6. The summed E-state index contributed by atoms with van der Waals surface area (Å²) in [5.74, 6) is 1.09. The Bertz CT molecular complexity index is 494. The SMILES string of the molecule is COCc1noc(-c2cccc(O)c2C)n1. The molecule has 0 saturated carbocycles. The van der Waals surface area contributed by atoms with E-state index in [-0.39, 0.29) is 5.75 Å². The van der Waals surface area contributed by atoms with Gasteiger partial charge in [0.15, 0.2) is 5.82 Å². The molecule has 0 spiro atoms. The molecule has 1 aromatic heterocycles. The van der Waals surface area contributed by atoms with E-state index in [1.807, 2.05) is 6.07 Å². The van der Waals surface area contributed by atoms with Crippen LogP contribution in [0.5, 0.6) is 5.75 Å². The highest BCUT2D eigenvalue weighted by Gasteiger charge is 2.12. The van der Waals surface area contributed by atoms with Crippen LogP contribution in [0.25, 0.3) is 11.5 Å². The molecule has 16 heavy (non-hydrogen) atoms. The summed E-state index contributed by atoms with van der Waals surface area (Å²) >= 11 is 0. The lowest BCUT2D eigenvalue weighted by Gasteiger charge is -2.01. The van der Waals surface area contributed by atoms with Gasteiger partial charge >= 0.3 is 0 Å². The molecule has 5 nitrogen and oxygen atoms in total. The van der Waals surface area contributed by atoms with Crippen molar-refractivity contribution in [3.8, 4) is 17.2 Å². The summed E-state index contributed by atoms with van der Waals surface area (Å²) in [4.78, 5) is 4.16. The topological polar surface area (TPSA) is 68.4 Å². The molecule has 0 fully saturated rings. The summed E-state index contributed by atoms with van der Waals surface area (Å²) in [5, 5.41) is 13.3. The second-order valence-electron chi connectivity index (χ2n) is 3.40. The Morgan fingerprint density at radius 1 is 1.44 bits per heavy atom. The van der Waals surface area contributed by atoms with Gasteiger partial charge in [-0.05, 0) is 19.1 Å². The van der Waals surface area contributed by atoms with E-state index in [4.69, 9.17) is 9.26 Å². The molecular formula is C11H12N2O3. The second kappa shape index (κ2) is 4.32. The van der Waals surface area contributed by atoms with E-state index in [0.717, 1.165) is 11.1 Å². The Morgan fingerprint density at radius 3 is 3.00 bits per heavy atom. The summed E-state index contributed by atoms with van der Waals surface area (Å²) in [6.45, 7) is 2.10. The Balaban J connectivity index is 2.39. The molecule has 1 aromatic carbocycles. The molecule has 2 rings (SSSR count). The third-order valence-electron chi connectivity index (χ3n) is 2.28. The summed E-state index contributed by atoms with van der Waals surface area (Å²) in [5.41, 5.74) is 1.45. The van der Waals surface area contributed by atoms with Crippen molar-refractivity contribution in [1.82, 2.24) is 10.1 Å². The molecule has 2 aromatic rings. The summed E-state index contributed by atoms with van der Waals surface area (Å²) < 4.78 is 9.98. The third-order valence-corrected chi connectivity index (χ3v) is 2.28. The summed E-state index contributed by atoms with van der Waals surface area (Å²) in [7, 11) is 1.57. The van der Waals surface area contributed by atoms with E-state index in [1.165, 1.54) is 0 Å². The predicted molar refractivity (Wildman–Crippen MR) is 56.8 cm³/mol. The molecule has 0 aliphatic rings. The monoisotopic (exact) mass is 220 g/mol. The molecule has 84 valence electrons. The van der Waals surface area contributed by atoms with Crippen molar-refractivity contribution in [3.05, 3.63) is 29.6 Å². The van der Waals surface area contributed by atoms with Crippen LogP contribution in [0.4, 0.5) is 0 Å². The number of benzene rings is 1. The van der Waals surface area contributed by atoms with Crippen molar-refractivity contribution < 1.29 is 14.4 Å². The van der Waals surface area contributed by atoms with Crippen LogP contribution in [0.15, 0.2) is 22.7 Å². The van der Waals surface area contributed by atoms with Gasteiger partial charge in [0.1, 0.15) is 12.4 Å². The first-order valence-corrected chi connectivity index (χ1v) is 4.83. The van der Waals surface area contributed by atoms with Gasteiger partial charge in [-0.15, -0.1) is 0 Å². The fraction of sp³-hybridized carbons (Fsp3) is 0.273. The van der Waals surface area contributed by atoms with E-state index < -0.39 is 0 Å². The van der Waals surface area contributed by atoms with Crippen molar-refractivity contribution in [1.29, 1.82) is 0 Å². The first-order valence-electron chi connectivity index (χ1n) is 4.83. The second-order valence-corrected chi connectivity index (χ2v) is 3.40. The van der Waals surface area contributed by atoms with Crippen LogP contribution in [0, 0.1) is 6.92 Å². The molecule has 5 heteroatoms. The van der Waals surface area contributed by atoms with Gasteiger partial charge in [0.2, 0.25) is 0 Å². The van der Waals surface area contributed by atoms with Crippen LogP contribution in [-0.4, -0.2) is 22.4 Å².